The highest BCUT2D eigenvalue weighted by Crippen LogP contribution is 2.26. The fraction of sp³-hybridized carbons (Fsp3) is 0.0667. The van der Waals surface area contributed by atoms with Gasteiger partial charge in [0.2, 0.25) is 0 Å². The predicted molar refractivity (Wildman–Crippen MR) is 71.5 cm³/mol. The molecule has 0 aliphatic carbocycles. The molecule has 0 aliphatic heterocycles. The lowest BCUT2D eigenvalue weighted by molar-refractivity contribution is 0.415. The Bertz CT molecular complexity index is 672. The lowest BCUT2D eigenvalue weighted by atomic mass is 10.1. The second kappa shape index (κ2) is 4.45. The minimum absolute atomic E-state index is 0.840. The first-order chi connectivity index (χ1) is 8.88. The zero-order valence-corrected chi connectivity index (χ0v) is 10.00. The number of hydrogen-bond donors (Lipinski definition) is 0. The van der Waals surface area contributed by atoms with Crippen LogP contribution in [-0.2, 0) is 0 Å². The molecule has 88 valence electrons. The molecule has 0 fully saturated rings. The SMILES string of the molecule is COc1ccc(-c2nncc3ccccc23)cc1. The van der Waals surface area contributed by atoms with Crippen LogP contribution in [0, 0.1) is 0 Å². The van der Waals surface area contributed by atoms with Gasteiger partial charge in [-0.15, -0.1) is 5.10 Å². The van der Waals surface area contributed by atoms with Crippen molar-refractivity contribution < 1.29 is 4.74 Å². The molecule has 0 saturated heterocycles. The third-order valence-corrected chi connectivity index (χ3v) is 2.93. The number of rotatable bonds is 2. The van der Waals surface area contributed by atoms with Gasteiger partial charge in [-0.2, -0.15) is 5.10 Å². The molecule has 3 aromatic rings. The molecule has 0 unspecified atom stereocenters. The van der Waals surface area contributed by atoms with Crippen molar-refractivity contribution >= 4 is 10.8 Å². The van der Waals surface area contributed by atoms with E-state index in [0.717, 1.165) is 27.8 Å². The van der Waals surface area contributed by atoms with Gasteiger partial charge < -0.3 is 4.74 Å². The van der Waals surface area contributed by atoms with E-state index in [1.54, 1.807) is 13.3 Å². The standard InChI is InChI=1S/C15H12N2O/c1-18-13-8-6-11(7-9-13)15-14-5-3-2-4-12(14)10-16-17-15/h2-10H,1H3. The van der Waals surface area contributed by atoms with Crippen LogP contribution in [0.3, 0.4) is 0 Å². The molecule has 1 aromatic heterocycles. The number of methoxy groups -OCH3 is 1. The molecule has 18 heavy (non-hydrogen) atoms. The van der Waals surface area contributed by atoms with E-state index in [-0.39, 0.29) is 0 Å². The molecule has 0 bridgehead atoms. The van der Waals surface area contributed by atoms with Gasteiger partial charge in [-0.25, -0.2) is 0 Å². The molecule has 0 saturated carbocycles. The lowest BCUT2D eigenvalue weighted by Gasteiger charge is -2.05. The normalized spacial score (nSPS) is 10.5. The van der Waals surface area contributed by atoms with E-state index in [9.17, 15) is 0 Å². The number of aromatic nitrogens is 2. The van der Waals surface area contributed by atoms with Crippen LogP contribution >= 0.6 is 0 Å². The Morgan fingerprint density at radius 2 is 1.72 bits per heavy atom. The third-order valence-electron chi connectivity index (χ3n) is 2.93. The highest BCUT2D eigenvalue weighted by Gasteiger charge is 2.05. The van der Waals surface area contributed by atoms with Gasteiger partial charge in [0.15, 0.2) is 0 Å². The second-order valence-electron chi connectivity index (χ2n) is 4.01. The Labute approximate surface area is 105 Å². The monoisotopic (exact) mass is 236 g/mol. The van der Waals surface area contributed by atoms with Crippen molar-refractivity contribution in [2.75, 3.05) is 7.11 Å². The van der Waals surface area contributed by atoms with Crippen LogP contribution in [0.15, 0.2) is 54.7 Å². The summed E-state index contributed by atoms with van der Waals surface area (Å²) in [5, 5.41) is 10.5. The number of fused-ring (bicyclic) bond motifs is 1. The molecule has 1 heterocycles. The van der Waals surface area contributed by atoms with Crippen LogP contribution in [-0.4, -0.2) is 17.3 Å². The van der Waals surface area contributed by atoms with Crippen LogP contribution in [0.25, 0.3) is 22.0 Å². The molecule has 3 rings (SSSR count). The third kappa shape index (κ3) is 1.80. The molecule has 3 nitrogen and oxygen atoms in total. The minimum atomic E-state index is 0.840. The van der Waals surface area contributed by atoms with Crippen molar-refractivity contribution in [2.45, 2.75) is 0 Å². The zero-order valence-electron chi connectivity index (χ0n) is 10.00. The van der Waals surface area contributed by atoms with Crippen molar-refractivity contribution in [3.8, 4) is 17.0 Å². The van der Waals surface area contributed by atoms with Gasteiger partial charge in [0.25, 0.3) is 0 Å². The Balaban J connectivity index is 2.18. The first kappa shape index (κ1) is 10.7. The fourth-order valence-corrected chi connectivity index (χ4v) is 1.99. The quantitative estimate of drug-likeness (QED) is 0.684. The molecule has 0 aliphatic rings. The smallest absolute Gasteiger partial charge is 0.118 e. The van der Waals surface area contributed by atoms with Gasteiger partial charge in [0.05, 0.1) is 13.3 Å². The van der Waals surface area contributed by atoms with Crippen LogP contribution in [0.1, 0.15) is 0 Å². The highest BCUT2D eigenvalue weighted by atomic mass is 16.5. The number of benzene rings is 2. The molecule has 0 radical (unpaired) electrons. The summed E-state index contributed by atoms with van der Waals surface area (Å²) in [7, 11) is 1.66. The summed E-state index contributed by atoms with van der Waals surface area (Å²) in [4.78, 5) is 0. The van der Waals surface area contributed by atoms with Crippen LogP contribution in [0.5, 0.6) is 5.75 Å². The number of hydrogen-bond acceptors (Lipinski definition) is 3. The maximum atomic E-state index is 5.16. The Kier molecular flexibility index (Phi) is 2.65. The summed E-state index contributed by atoms with van der Waals surface area (Å²) in [5.41, 5.74) is 1.94. The molecule has 3 heteroatoms. The maximum absolute atomic E-state index is 5.16. The Morgan fingerprint density at radius 3 is 2.50 bits per heavy atom. The van der Waals surface area contributed by atoms with Crippen LogP contribution in [0.2, 0.25) is 0 Å². The van der Waals surface area contributed by atoms with Gasteiger partial charge in [0, 0.05) is 16.3 Å². The molecule has 0 spiro atoms. The van der Waals surface area contributed by atoms with E-state index in [2.05, 4.69) is 16.3 Å². The van der Waals surface area contributed by atoms with E-state index in [4.69, 9.17) is 4.74 Å². The van der Waals surface area contributed by atoms with Crippen LogP contribution in [0.4, 0.5) is 0 Å². The topological polar surface area (TPSA) is 35.0 Å². The molecule has 0 atom stereocenters. The van der Waals surface area contributed by atoms with E-state index in [1.807, 2.05) is 42.5 Å². The van der Waals surface area contributed by atoms with E-state index in [0.29, 0.717) is 0 Å². The molecule has 2 aromatic carbocycles. The largest absolute Gasteiger partial charge is 0.497 e. The summed E-state index contributed by atoms with van der Waals surface area (Å²) in [6.07, 6.45) is 1.78. The fourth-order valence-electron chi connectivity index (χ4n) is 1.99. The van der Waals surface area contributed by atoms with Crippen molar-refractivity contribution in [1.29, 1.82) is 0 Å². The van der Waals surface area contributed by atoms with Crippen molar-refractivity contribution in [2.24, 2.45) is 0 Å². The van der Waals surface area contributed by atoms with E-state index in [1.165, 1.54) is 0 Å². The van der Waals surface area contributed by atoms with Gasteiger partial charge in [0.1, 0.15) is 11.4 Å². The summed E-state index contributed by atoms with van der Waals surface area (Å²) in [5.74, 6) is 0.840. The molecule has 0 N–H and O–H groups in total. The minimum Gasteiger partial charge on any atom is -0.497 e. The maximum Gasteiger partial charge on any atom is 0.118 e. The Morgan fingerprint density at radius 1 is 0.944 bits per heavy atom. The second-order valence-corrected chi connectivity index (χ2v) is 4.01. The summed E-state index contributed by atoms with van der Waals surface area (Å²) in [6, 6.07) is 16.0. The van der Waals surface area contributed by atoms with Gasteiger partial charge in [-0.3, -0.25) is 0 Å². The lowest BCUT2D eigenvalue weighted by Crippen LogP contribution is -1.89. The Hall–Kier alpha value is -2.42. The van der Waals surface area contributed by atoms with E-state index < -0.39 is 0 Å². The molecule has 0 amide bonds. The van der Waals surface area contributed by atoms with E-state index >= 15 is 0 Å². The number of nitrogens with zero attached hydrogens (tertiary/aromatic N) is 2. The predicted octanol–water partition coefficient (Wildman–Crippen LogP) is 3.31. The van der Waals surface area contributed by atoms with Crippen molar-refractivity contribution in [1.82, 2.24) is 10.2 Å². The molecular weight excluding hydrogens is 224 g/mol. The van der Waals surface area contributed by atoms with Gasteiger partial charge >= 0.3 is 0 Å². The molecular formula is C15H12N2O. The summed E-state index contributed by atoms with van der Waals surface area (Å²) < 4.78 is 5.16. The first-order valence-corrected chi connectivity index (χ1v) is 5.73. The van der Waals surface area contributed by atoms with Gasteiger partial charge in [-0.1, -0.05) is 24.3 Å². The van der Waals surface area contributed by atoms with Crippen molar-refractivity contribution in [3.05, 3.63) is 54.7 Å². The zero-order chi connectivity index (χ0) is 12.4. The highest BCUT2D eigenvalue weighted by molar-refractivity contribution is 5.93. The van der Waals surface area contributed by atoms with Gasteiger partial charge in [-0.05, 0) is 24.3 Å². The first-order valence-electron chi connectivity index (χ1n) is 5.73. The van der Waals surface area contributed by atoms with Crippen molar-refractivity contribution in [3.63, 3.8) is 0 Å². The average molecular weight is 236 g/mol. The summed E-state index contributed by atoms with van der Waals surface area (Å²) in [6.45, 7) is 0. The van der Waals surface area contributed by atoms with Crippen LogP contribution < -0.4 is 4.74 Å². The number of ether oxygens (including phenoxy) is 1. The summed E-state index contributed by atoms with van der Waals surface area (Å²) >= 11 is 0. The average Bonchev–Trinajstić information content (AvgIpc) is 2.47.